The van der Waals surface area contributed by atoms with E-state index < -0.39 is 0 Å². The lowest BCUT2D eigenvalue weighted by Crippen LogP contribution is -1.88. The molecule has 3 rings (SSSR count). The molecule has 0 unspecified atom stereocenters. The maximum atomic E-state index is 10.5. The van der Waals surface area contributed by atoms with Crippen LogP contribution in [0.1, 0.15) is 10.6 Å². The van der Waals surface area contributed by atoms with E-state index in [0.29, 0.717) is 17.9 Å². The second kappa shape index (κ2) is 3.34. The van der Waals surface area contributed by atoms with Crippen LogP contribution < -0.4 is 0 Å². The van der Waals surface area contributed by atoms with Gasteiger partial charge in [-0.15, -0.1) is 0 Å². The van der Waals surface area contributed by atoms with Gasteiger partial charge in [-0.05, 0) is 18.2 Å². The zero-order chi connectivity index (χ0) is 11.0. The molecule has 0 atom stereocenters. The van der Waals surface area contributed by atoms with Crippen LogP contribution in [0.2, 0.25) is 0 Å². The largest absolute Gasteiger partial charge is 0.437 e. The van der Waals surface area contributed by atoms with Crippen molar-refractivity contribution in [3.63, 3.8) is 0 Å². The topological polar surface area (TPSA) is 48.0 Å². The molecule has 4 nitrogen and oxygen atoms in total. The van der Waals surface area contributed by atoms with Crippen LogP contribution in [-0.2, 0) is 0 Å². The Kier molecular flexibility index (Phi) is 1.86. The number of rotatable bonds is 2. The molecule has 0 fully saturated rings. The summed E-state index contributed by atoms with van der Waals surface area (Å²) in [5, 5.41) is 0. The highest BCUT2D eigenvalue weighted by atomic mass is 16.4. The van der Waals surface area contributed by atoms with Gasteiger partial charge in [0.2, 0.25) is 5.88 Å². The van der Waals surface area contributed by atoms with E-state index >= 15 is 0 Å². The van der Waals surface area contributed by atoms with Crippen molar-refractivity contribution >= 4 is 17.3 Å². The highest BCUT2D eigenvalue weighted by Crippen LogP contribution is 2.19. The molecule has 0 aliphatic carbocycles. The van der Waals surface area contributed by atoms with E-state index in [1.54, 1.807) is 18.5 Å². The Labute approximate surface area is 91.1 Å². The molecule has 78 valence electrons. The van der Waals surface area contributed by atoms with Gasteiger partial charge in [-0.25, -0.2) is 4.98 Å². The summed E-state index contributed by atoms with van der Waals surface area (Å²) < 4.78 is 7.15. The van der Waals surface area contributed by atoms with E-state index in [0.717, 1.165) is 11.0 Å². The first kappa shape index (κ1) is 8.91. The highest BCUT2D eigenvalue weighted by Gasteiger charge is 2.07. The van der Waals surface area contributed by atoms with Crippen molar-refractivity contribution in [1.82, 2.24) is 9.55 Å². The first-order chi connectivity index (χ1) is 7.88. The maximum absolute atomic E-state index is 10.5. The average Bonchev–Trinajstić information content (AvgIpc) is 2.94. The minimum absolute atomic E-state index is 0.313. The number of carbonyl (C=O) groups excluding carboxylic acids is 1. The summed E-state index contributed by atoms with van der Waals surface area (Å²) in [5.74, 6) is 0.906. The number of furan rings is 1. The molecule has 0 aliphatic rings. The third kappa shape index (κ3) is 1.24. The van der Waals surface area contributed by atoms with Crippen LogP contribution in [0.25, 0.3) is 16.9 Å². The lowest BCUT2D eigenvalue weighted by Gasteiger charge is -1.97. The average molecular weight is 212 g/mol. The Morgan fingerprint density at radius 2 is 2.06 bits per heavy atom. The summed E-state index contributed by atoms with van der Waals surface area (Å²) in [5.41, 5.74) is 1.85. The summed E-state index contributed by atoms with van der Waals surface area (Å²) in [6, 6.07) is 11.1. The van der Waals surface area contributed by atoms with Gasteiger partial charge in [0.05, 0.1) is 11.0 Å². The van der Waals surface area contributed by atoms with Crippen LogP contribution in [0.15, 0.2) is 47.1 Å². The summed E-state index contributed by atoms with van der Waals surface area (Å²) in [6.07, 6.45) is 2.36. The van der Waals surface area contributed by atoms with Crippen molar-refractivity contribution in [1.29, 1.82) is 0 Å². The molecule has 0 radical (unpaired) electrons. The lowest BCUT2D eigenvalue weighted by atomic mass is 10.3. The number of aromatic nitrogens is 2. The minimum Gasteiger partial charge on any atom is -0.437 e. The molecule has 0 N–H and O–H groups in total. The lowest BCUT2D eigenvalue weighted by molar-refractivity contribution is 0.110. The molecule has 0 saturated heterocycles. The number of hydrogen-bond donors (Lipinski definition) is 0. The zero-order valence-electron chi connectivity index (χ0n) is 8.33. The van der Waals surface area contributed by atoms with Gasteiger partial charge in [-0.1, -0.05) is 12.1 Å². The number of carbonyl (C=O) groups is 1. The molecule has 1 aromatic carbocycles. The van der Waals surface area contributed by atoms with Crippen molar-refractivity contribution in [2.24, 2.45) is 0 Å². The monoisotopic (exact) mass is 212 g/mol. The predicted molar refractivity (Wildman–Crippen MR) is 58.7 cm³/mol. The number of aldehydes is 1. The molecule has 0 saturated carbocycles. The van der Waals surface area contributed by atoms with Crippen molar-refractivity contribution in [2.75, 3.05) is 0 Å². The van der Waals surface area contributed by atoms with E-state index in [4.69, 9.17) is 4.42 Å². The van der Waals surface area contributed by atoms with Crippen LogP contribution >= 0.6 is 0 Å². The molecule has 0 aliphatic heterocycles. The van der Waals surface area contributed by atoms with E-state index in [9.17, 15) is 4.79 Å². The molecular formula is C12H8N2O2. The van der Waals surface area contributed by atoms with Gasteiger partial charge in [-0.2, -0.15) is 0 Å². The fourth-order valence-electron chi connectivity index (χ4n) is 1.67. The molecule has 2 heterocycles. The Balaban J connectivity index is 2.21. The highest BCUT2D eigenvalue weighted by molar-refractivity contribution is 5.77. The standard InChI is InChI=1S/C12H8N2O2/c15-7-9-5-6-12(16-9)14-8-13-10-3-1-2-4-11(10)14/h1-8H. The SMILES string of the molecule is O=Cc1ccc(-n2cnc3ccccc32)o1. The minimum atomic E-state index is 0.313. The van der Waals surface area contributed by atoms with E-state index in [2.05, 4.69) is 4.98 Å². The Hall–Kier alpha value is -2.36. The first-order valence-corrected chi connectivity index (χ1v) is 4.86. The van der Waals surface area contributed by atoms with Gasteiger partial charge in [0, 0.05) is 6.07 Å². The molecule has 3 aromatic rings. The maximum Gasteiger partial charge on any atom is 0.206 e. The molecule has 0 amide bonds. The third-order valence-electron chi connectivity index (χ3n) is 2.42. The summed E-state index contributed by atoms with van der Waals surface area (Å²) in [6.45, 7) is 0. The fourth-order valence-corrected chi connectivity index (χ4v) is 1.67. The van der Waals surface area contributed by atoms with Gasteiger partial charge in [0.15, 0.2) is 12.0 Å². The zero-order valence-corrected chi connectivity index (χ0v) is 8.33. The van der Waals surface area contributed by atoms with E-state index in [1.165, 1.54) is 0 Å². The smallest absolute Gasteiger partial charge is 0.206 e. The van der Waals surface area contributed by atoms with E-state index in [1.807, 2.05) is 28.8 Å². The van der Waals surface area contributed by atoms with Gasteiger partial charge in [0.1, 0.15) is 6.33 Å². The van der Waals surface area contributed by atoms with Gasteiger partial charge in [0.25, 0.3) is 0 Å². The van der Waals surface area contributed by atoms with Crippen LogP contribution in [0.3, 0.4) is 0 Å². The Morgan fingerprint density at radius 3 is 2.88 bits per heavy atom. The van der Waals surface area contributed by atoms with Gasteiger partial charge in [-0.3, -0.25) is 9.36 Å². The normalized spacial score (nSPS) is 10.8. The molecular weight excluding hydrogens is 204 g/mol. The predicted octanol–water partition coefficient (Wildman–Crippen LogP) is 2.43. The number of imidazole rings is 1. The number of nitrogens with zero attached hydrogens (tertiary/aromatic N) is 2. The van der Waals surface area contributed by atoms with Gasteiger partial charge < -0.3 is 4.42 Å². The van der Waals surface area contributed by atoms with Crippen molar-refractivity contribution < 1.29 is 9.21 Å². The summed E-state index contributed by atoms with van der Waals surface area (Å²) in [7, 11) is 0. The molecule has 16 heavy (non-hydrogen) atoms. The number of hydrogen-bond acceptors (Lipinski definition) is 3. The third-order valence-corrected chi connectivity index (χ3v) is 2.42. The molecule has 0 bridgehead atoms. The molecule has 2 aromatic heterocycles. The fraction of sp³-hybridized carbons (Fsp3) is 0. The summed E-state index contributed by atoms with van der Waals surface area (Å²) in [4.78, 5) is 14.8. The molecule has 4 heteroatoms. The van der Waals surface area contributed by atoms with Crippen LogP contribution in [-0.4, -0.2) is 15.8 Å². The van der Waals surface area contributed by atoms with E-state index in [-0.39, 0.29) is 0 Å². The molecule has 0 spiro atoms. The van der Waals surface area contributed by atoms with Crippen molar-refractivity contribution in [3.05, 3.63) is 48.5 Å². The number of fused-ring (bicyclic) bond motifs is 1. The Morgan fingerprint density at radius 1 is 1.19 bits per heavy atom. The number of para-hydroxylation sites is 2. The second-order valence-corrected chi connectivity index (χ2v) is 3.40. The first-order valence-electron chi connectivity index (χ1n) is 4.86. The van der Waals surface area contributed by atoms with Gasteiger partial charge >= 0.3 is 0 Å². The van der Waals surface area contributed by atoms with Crippen molar-refractivity contribution in [2.45, 2.75) is 0 Å². The number of benzene rings is 1. The second-order valence-electron chi connectivity index (χ2n) is 3.40. The van der Waals surface area contributed by atoms with Crippen LogP contribution in [0, 0.1) is 0 Å². The summed E-state index contributed by atoms with van der Waals surface area (Å²) >= 11 is 0. The van der Waals surface area contributed by atoms with Crippen LogP contribution in [0.5, 0.6) is 0 Å². The quantitative estimate of drug-likeness (QED) is 0.613. The van der Waals surface area contributed by atoms with Crippen molar-refractivity contribution in [3.8, 4) is 5.88 Å². The van der Waals surface area contributed by atoms with Crippen LogP contribution in [0.4, 0.5) is 0 Å². The Bertz CT molecular complexity index is 652.